The molecule has 2 N–H and O–H groups in total. The number of hydrogen-bond acceptors (Lipinski definition) is 9. The molecule has 2 aliphatic heterocycles. The van der Waals surface area contributed by atoms with E-state index in [4.69, 9.17) is 19.7 Å². The summed E-state index contributed by atoms with van der Waals surface area (Å²) >= 11 is 0. The molecule has 2 aliphatic rings. The molecule has 3 aromatic rings. The molecule has 12 heteroatoms. The molecule has 0 aliphatic carbocycles. The average molecular weight is 588 g/mol. The second kappa shape index (κ2) is 14.3. The van der Waals surface area contributed by atoms with Crippen molar-refractivity contribution in [3.8, 4) is 11.4 Å². The quantitative estimate of drug-likeness (QED) is 0.387. The van der Waals surface area contributed by atoms with E-state index in [0.717, 1.165) is 51.1 Å². The molecule has 3 amide bonds. The van der Waals surface area contributed by atoms with E-state index in [0.29, 0.717) is 54.4 Å². The Morgan fingerprint density at radius 3 is 1.88 bits per heavy atom. The number of benzene rings is 2. The van der Waals surface area contributed by atoms with Gasteiger partial charge in [-0.25, -0.2) is 4.79 Å². The van der Waals surface area contributed by atoms with E-state index >= 15 is 0 Å². The molecule has 2 aromatic carbocycles. The molecule has 0 unspecified atom stereocenters. The Bertz CT molecular complexity index is 1330. The van der Waals surface area contributed by atoms with Crippen LogP contribution in [0.1, 0.15) is 29.6 Å². The fourth-order valence-electron chi connectivity index (χ4n) is 4.99. The lowest BCUT2D eigenvalue weighted by Crippen LogP contribution is -2.38. The maximum atomic E-state index is 12.7. The highest BCUT2D eigenvalue weighted by molar-refractivity contribution is 6.00. The highest BCUT2D eigenvalue weighted by Crippen LogP contribution is 2.25. The molecule has 2 saturated heterocycles. The molecule has 12 nitrogen and oxygen atoms in total. The Morgan fingerprint density at radius 1 is 0.744 bits per heavy atom. The van der Waals surface area contributed by atoms with E-state index in [9.17, 15) is 9.59 Å². The van der Waals surface area contributed by atoms with E-state index in [2.05, 4.69) is 20.4 Å². The third-order valence-corrected chi connectivity index (χ3v) is 7.56. The third kappa shape index (κ3) is 8.17. The minimum Gasteiger partial charge on any atom is -0.378 e. The molecule has 0 atom stereocenters. The van der Waals surface area contributed by atoms with Gasteiger partial charge in [0.15, 0.2) is 5.82 Å². The van der Waals surface area contributed by atoms with Gasteiger partial charge in [0, 0.05) is 68.8 Å². The van der Waals surface area contributed by atoms with Gasteiger partial charge in [0.05, 0.1) is 13.2 Å². The molecule has 2 fully saturated rings. The van der Waals surface area contributed by atoms with E-state index in [1.807, 2.05) is 43.3 Å². The van der Waals surface area contributed by atoms with Crippen molar-refractivity contribution in [2.75, 3.05) is 94.1 Å². The molecule has 0 radical (unpaired) electrons. The summed E-state index contributed by atoms with van der Waals surface area (Å²) in [5, 5.41) is 5.69. The number of piperidine rings is 1. The number of anilines is 4. The molecular weight excluding hydrogens is 546 g/mol. The number of nitrogens with one attached hydrogen (secondary N) is 2. The summed E-state index contributed by atoms with van der Waals surface area (Å²) < 4.78 is 5.52. The van der Waals surface area contributed by atoms with Crippen LogP contribution in [-0.2, 0) is 4.74 Å². The predicted molar refractivity (Wildman–Crippen MR) is 169 cm³/mol. The number of amides is 3. The molecule has 3 heterocycles. The Morgan fingerprint density at radius 2 is 1.30 bits per heavy atom. The van der Waals surface area contributed by atoms with Gasteiger partial charge in [0.2, 0.25) is 11.9 Å². The lowest BCUT2D eigenvalue weighted by Gasteiger charge is -2.30. The van der Waals surface area contributed by atoms with Crippen LogP contribution in [0.3, 0.4) is 0 Å². The molecule has 43 heavy (non-hydrogen) atoms. The zero-order valence-electron chi connectivity index (χ0n) is 25.3. The predicted octanol–water partition coefficient (Wildman–Crippen LogP) is 3.64. The van der Waals surface area contributed by atoms with Crippen molar-refractivity contribution in [2.24, 2.45) is 0 Å². The zero-order chi connectivity index (χ0) is 30.2. The van der Waals surface area contributed by atoms with Gasteiger partial charge >= 0.3 is 6.03 Å². The van der Waals surface area contributed by atoms with Crippen LogP contribution in [0, 0.1) is 0 Å². The smallest absolute Gasteiger partial charge is 0.323 e. The minimum atomic E-state index is -0.378. The Labute approximate surface area is 253 Å². The summed E-state index contributed by atoms with van der Waals surface area (Å²) in [5.74, 6) is 1.93. The van der Waals surface area contributed by atoms with E-state index in [1.54, 1.807) is 36.2 Å². The normalized spacial score (nSPS) is 15.3. The first-order chi connectivity index (χ1) is 20.9. The first-order valence-electron chi connectivity index (χ1n) is 14.9. The number of rotatable bonds is 9. The lowest BCUT2D eigenvalue weighted by atomic mass is 10.1. The fourth-order valence-corrected chi connectivity index (χ4v) is 4.99. The standard InChI is InChI=1S/C31H41N9O3/c1-37(2)17-18-38(3)28(41)24-9-13-26(14-10-24)33-31(42)32-25-11-7-23(8-12-25)27-34-29(39-15-5-4-6-16-39)36-30(35-27)40-19-21-43-22-20-40/h7-14H,4-6,15-22H2,1-3H3,(H2,32,33,42). The van der Waals surface area contributed by atoms with Crippen LogP contribution in [0.2, 0.25) is 0 Å². The van der Waals surface area contributed by atoms with Crippen LogP contribution in [0.4, 0.5) is 28.1 Å². The van der Waals surface area contributed by atoms with Crippen molar-refractivity contribution in [2.45, 2.75) is 19.3 Å². The second-order valence-electron chi connectivity index (χ2n) is 11.2. The number of hydrogen-bond donors (Lipinski definition) is 2. The number of urea groups is 1. The maximum absolute atomic E-state index is 12.7. The van der Waals surface area contributed by atoms with Crippen molar-refractivity contribution in [1.29, 1.82) is 0 Å². The summed E-state index contributed by atoms with van der Waals surface area (Å²) in [6.07, 6.45) is 3.49. The van der Waals surface area contributed by atoms with Crippen molar-refractivity contribution in [1.82, 2.24) is 24.8 Å². The molecule has 0 bridgehead atoms. The first kappa shape index (κ1) is 30.2. The third-order valence-electron chi connectivity index (χ3n) is 7.56. The topological polar surface area (TPSA) is 119 Å². The van der Waals surface area contributed by atoms with Crippen molar-refractivity contribution >= 4 is 35.2 Å². The number of carbonyl (C=O) groups is 2. The first-order valence-corrected chi connectivity index (χ1v) is 14.9. The van der Waals surface area contributed by atoms with Crippen LogP contribution < -0.4 is 20.4 Å². The minimum absolute atomic E-state index is 0.0590. The van der Waals surface area contributed by atoms with Gasteiger partial charge in [-0.15, -0.1) is 0 Å². The maximum Gasteiger partial charge on any atom is 0.323 e. The molecule has 0 saturated carbocycles. The van der Waals surface area contributed by atoms with Crippen LogP contribution in [0.15, 0.2) is 48.5 Å². The zero-order valence-corrected chi connectivity index (χ0v) is 25.3. The highest BCUT2D eigenvalue weighted by atomic mass is 16.5. The molecular formula is C31H41N9O3. The van der Waals surface area contributed by atoms with Crippen LogP contribution in [0.5, 0.6) is 0 Å². The van der Waals surface area contributed by atoms with Crippen LogP contribution >= 0.6 is 0 Å². The Hall–Kier alpha value is -4.29. The largest absolute Gasteiger partial charge is 0.378 e. The number of nitrogens with zero attached hydrogens (tertiary/aromatic N) is 7. The van der Waals surface area contributed by atoms with E-state index < -0.39 is 0 Å². The Balaban J connectivity index is 1.22. The van der Waals surface area contributed by atoms with Gasteiger partial charge in [0.1, 0.15) is 0 Å². The van der Waals surface area contributed by atoms with Crippen molar-refractivity contribution in [3.05, 3.63) is 54.1 Å². The number of likely N-dealkylation sites (N-methyl/N-ethyl adjacent to an activating group) is 2. The molecule has 228 valence electrons. The number of ether oxygens (including phenoxy) is 1. The summed E-state index contributed by atoms with van der Waals surface area (Å²) in [6.45, 7) is 6.09. The van der Waals surface area contributed by atoms with Crippen molar-refractivity contribution < 1.29 is 14.3 Å². The van der Waals surface area contributed by atoms with E-state index in [1.165, 1.54) is 6.42 Å². The monoisotopic (exact) mass is 587 g/mol. The number of aromatic nitrogens is 3. The van der Waals surface area contributed by atoms with Gasteiger partial charge in [-0.1, -0.05) is 0 Å². The van der Waals surface area contributed by atoms with Gasteiger partial charge in [-0.05, 0) is 81.9 Å². The SMILES string of the molecule is CN(C)CCN(C)C(=O)c1ccc(NC(=O)Nc2ccc(-c3nc(N4CCCCC4)nc(N4CCOCC4)n3)cc2)cc1. The Kier molecular flexibility index (Phi) is 10.0. The van der Waals surface area contributed by atoms with Crippen LogP contribution in [-0.4, -0.2) is 110 Å². The average Bonchev–Trinajstić information content (AvgIpc) is 3.04. The van der Waals surface area contributed by atoms with Gasteiger partial charge in [-0.3, -0.25) is 4.79 Å². The molecule has 5 rings (SSSR count). The number of carbonyl (C=O) groups excluding carboxylic acids is 2. The van der Waals surface area contributed by atoms with Gasteiger partial charge in [-0.2, -0.15) is 15.0 Å². The van der Waals surface area contributed by atoms with Gasteiger partial charge in [0.25, 0.3) is 5.91 Å². The summed E-state index contributed by atoms with van der Waals surface area (Å²) in [5.41, 5.74) is 2.64. The fraction of sp³-hybridized carbons (Fsp3) is 0.452. The second-order valence-corrected chi connectivity index (χ2v) is 11.2. The van der Waals surface area contributed by atoms with Crippen molar-refractivity contribution in [3.63, 3.8) is 0 Å². The van der Waals surface area contributed by atoms with Gasteiger partial charge < -0.3 is 35.0 Å². The summed E-state index contributed by atoms with van der Waals surface area (Å²) in [6, 6.07) is 14.0. The molecule has 0 spiro atoms. The molecule has 1 aromatic heterocycles. The van der Waals surface area contributed by atoms with Crippen LogP contribution in [0.25, 0.3) is 11.4 Å². The number of morpholine rings is 1. The van der Waals surface area contributed by atoms with E-state index in [-0.39, 0.29) is 11.9 Å². The summed E-state index contributed by atoms with van der Waals surface area (Å²) in [7, 11) is 5.73. The lowest BCUT2D eigenvalue weighted by molar-refractivity contribution is 0.0786. The highest BCUT2D eigenvalue weighted by Gasteiger charge is 2.21. The summed E-state index contributed by atoms with van der Waals surface area (Å²) in [4.78, 5) is 47.9.